The van der Waals surface area contributed by atoms with Crippen LogP contribution in [0.15, 0.2) is 63.8 Å². The van der Waals surface area contributed by atoms with Gasteiger partial charge in [-0.1, -0.05) is 30.3 Å². The fourth-order valence-corrected chi connectivity index (χ4v) is 3.36. The van der Waals surface area contributed by atoms with Crippen molar-refractivity contribution in [2.45, 2.75) is 6.92 Å². The molecule has 8 N–H and O–H groups in total. The highest BCUT2D eigenvalue weighted by atomic mass is 16.5. The molecule has 156 valence electrons. The Bertz CT molecular complexity index is 1370. The van der Waals surface area contributed by atoms with Gasteiger partial charge < -0.3 is 32.1 Å². The normalized spacial score (nSPS) is 10.9. The lowest BCUT2D eigenvalue weighted by Gasteiger charge is -2.14. The van der Waals surface area contributed by atoms with E-state index < -0.39 is 5.97 Å². The molecule has 0 aliphatic rings. The standard InChI is InChI=1S/C23H20N4O4/c1-11-21(28)18-16(30-22(11)12-5-3-2-4-6-12)10-17(19(26)20(18)27)31-23(29)13-7-14(24)9-15(25)8-13/h2-10H,24-27H2,1H3. The number of hydrogen-bond acceptors (Lipinski definition) is 8. The SMILES string of the molecule is Cc1c(-c2ccccc2)oc2cc(OC(=O)c3cc(N)cc(N)c3)c(N)c(N)c2c1=O. The molecule has 1 heterocycles. The molecule has 31 heavy (non-hydrogen) atoms. The molecule has 0 radical (unpaired) electrons. The van der Waals surface area contributed by atoms with Gasteiger partial charge >= 0.3 is 5.97 Å². The maximum absolute atomic E-state index is 13.0. The topological polar surface area (TPSA) is 161 Å². The summed E-state index contributed by atoms with van der Waals surface area (Å²) in [5.74, 6) is -0.382. The Morgan fingerprint density at radius 2 is 1.55 bits per heavy atom. The van der Waals surface area contributed by atoms with Gasteiger partial charge in [-0.25, -0.2) is 4.79 Å². The van der Waals surface area contributed by atoms with Crippen LogP contribution in [0.2, 0.25) is 0 Å². The Morgan fingerprint density at radius 1 is 0.903 bits per heavy atom. The monoisotopic (exact) mass is 416 g/mol. The molecule has 0 atom stereocenters. The maximum atomic E-state index is 13.0. The molecular weight excluding hydrogens is 396 g/mol. The summed E-state index contributed by atoms with van der Waals surface area (Å²) in [6.07, 6.45) is 0. The van der Waals surface area contributed by atoms with Gasteiger partial charge in [-0.3, -0.25) is 4.79 Å². The number of rotatable bonds is 3. The zero-order valence-corrected chi connectivity index (χ0v) is 16.6. The summed E-state index contributed by atoms with van der Waals surface area (Å²) in [4.78, 5) is 25.6. The molecule has 0 amide bonds. The quantitative estimate of drug-likeness (QED) is 0.225. The van der Waals surface area contributed by atoms with Gasteiger partial charge in [0.1, 0.15) is 11.3 Å². The largest absolute Gasteiger partial charge is 0.455 e. The minimum absolute atomic E-state index is 0.0242. The average Bonchev–Trinajstić information content (AvgIpc) is 2.74. The average molecular weight is 416 g/mol. The van der Waals surface area contributed by atoms with Crippen LogP contribution in [0.25, 0.3) is 22.3 Å². The Morgan fingerprint density at radius 3 is 2.19 bits per heavy atom. The van der Waals surface area contributed by atoms with E-state index in [0.29, 0.717) is 22.7 Å². The number of hydrogen-bond donors (Lipinski definition) is 4. The van der Waals surface area contributed by atoms with Crippen molar-refractivity contribution in [3.8, 4) is 17.1 Å². The van der Waals surface area contributed by atoms with Crippen molar-refractivity contribution in [1.82, 2.24) is 0 Å². The van der Waals surface area contributed by atoms with Crippen LogP contribution in [-0.2, 0) is 0 Å². The van der Waals surface area contributed by atoms with E-state index in [-0.39, 0.29) is 39.1 Å². The highest BCUT2D eigenvalue weighted by Crippen LogP contribution is 2.37. The van der Waals surface area contributed by atoms with Gasteiger partial charge in [0.2, 0.25) is 0 Å². The third kappa shape index (κ3) is 3.51. The second kappa shape index (κ2) is 7.42. The van der Waals surface area contributed by atoms with Crippen LogP contribution >= 0.6 is 0 Å². The number of anilines is 4. The van der Waals surface area contributed by atoms with E-state index in [1.165, 1.54) is 24.3 Å². The first-order valence-electron chi connectivity index (χ1n) is 9.35. The summed E-state index contributed by atoms with van der Waals surface area (Å²) in [5.41, 5.74) is 25.3. The molecule has 0 unspecified atom stereocenters. The predicted molar refractivity (Wildman–Crippen MR) is 122 cm³/mol. The third-order valence-corrected chi connectivity index (χ3v) is 4.91. The molecule has 0 spiro atoms. The molecule has 0 saturated carbocycles. The lowest BCUT2D eigenvalue weighted by molar-refractivity contribution is 0.0736. The van der Waals surface area contributed by atoms with Crippen molar-refractivity contribution in [2.75, 3.05) is 22.9 Å². The summed E-state index contributed by atoms with van der Waals surface area (Å²) >= 11 is 0. The van der Waals surface area contributed by atoms with Gasteiger partial charge in [0.15, 0.2) is 11.2 Å². The zero-order chi connectivity index (χ0) is 22.3. The number of benzene rings is 3. The first-order chi connectivity index (χ1) is 14.8. The summed E-state index contributed by atoms with van der Waals surface area (Å²) in [7, 11) is 0. The molecule has 4 aromatic rings. The Labute approximate surface area is 177 Å². The van der Waals surface area contributed by atoms with E-state index in [9.17, 15) is 9.59 Å². The van der Waals surface area contributed by atoms with Crippen LogP contribution in [0.3, 0.4) is 0 Å². The van der Waals surface area contributed by atoms with Gasteiger partial charge in [-0.2, -0.15) is 0 Å². The fraction of sp³-hybridized carbons (Fsp3) is 0.0435. The van der Waals surface area contributed by atoms with Crippen molar-refractivity contribution in [1.29, 1.82) is 0 Å². The summed E-state index contributed by atoms with van der Waals surface area (Å²) < 4.78 is 11.4. The van der Waals surface area contributed by atoms with Gasteiger partial charge in [0, 0.05) is 28.6 Å². The molecule has 1 aromatic heterocycles. The number of esters is 1. The highest BCUT2D eigenvalue weighted by Gasteiger charge is 2.21. The van der Waals surface area contributed by atoms with E-state index in [1.807, 2.05) is 30.3 Å². The molecule has 8 heteroatoms. The Hall–Kier alpha value is -4.46. The molecule has 0 aliphatic carbocycles. The second-order valence-electron chi connectivity index (χ2n) is 7.10. The fourth-order valence-electron chi connectivity index (χ4n) is 3.36. The molecule has 0 saturated heterocycles. The Balaban J connectivity index is 1.85. The maximum Gasteiger partial charge on any atom is 0.343 e. The number of carbonyl (C=O) groups is 1. The number of nitrogen functional groups attached to an aromatic ring is 4. The summed E-state index contributed by atoms with van der Waals surface area (Å²) in [5, 5.41) is 0.127. The second-order valence-corrected chi connectivity index (χ2v) is 7.10. The zero-order valence-electron chi connectivity index (χ0n) is 16.6. The lowest BCUT2D eigenvalue weighted by Crippen LogP contribution is -2.14. The smallest absolute Gasteiger partial charge is 0.343 e. The van der Waals surface area contributed by atoms with E-state index in [0.717, 1.165) is 5.56 Å². The van der Waals surface area contributed by atoms with Crippen molar-refractivity contribution in [3.05, 3.63) is 75.9 Å². The van der Waals surface area contributed by atoms with E-state index in [1.54, 1.807) is 6.92 Å². The van der Waals surface area contributed by atoms with Crippen LogP contribution in [-0.4, -0.2) is 5.97 Å². The van der Waals surface area contributed by atoms with Crippen molar-refractivity contribution in [2.24, 2.45) is 0 Å². The van der Waals surface area contributed by atoms with Gasteiger partial charge in [-0.15, -0.1) is 0 Å². The van der Waals surface area contributed by atoms with Crippen LogP contribution in [0, 0.1) is 6.92 Å². The summed E-state index contributed by atoms with van der Waals surface area (Å²) in [6.45, 7) is 1.65. The van der Waals surface area contributed by atoms with Gasteiger partial charge in [0.25, 0.3) is 0 Å². The summed E-state index contributed by atoms with van der Waals surface area (Å²) in [6, 6.07) is 14.9. The molecule has 8 nitrogen and oxygen atoms in total. The molecule has 0 aliphatic heterocycles. The Kier molecular flexibility index (Phi) is 4.75. The van der Waals surface area contributed by atoms with Gasteiger partial charge in [0.05, 0.1) is 22.3 Å². The van der Waals surface area contributed by atoms with Crippen molar-refractivity contribution in [3.63, 3.8) is 0 Å². The van der Waals surface area contributed by atoms with Crippen molar-refractivity contribution >= 4 is 39.7 Å². The van der Waals surface area contributed by atoms with E-state index >= 15 is 0 Å². The van der Waals surface area contributed by atoms with E-state index in [2.05, 4.69) is 0 Å². The molecular formula is C23H20N4O4. The molecule has 0 fully saturated rings. The highest BCUT2D eigenvalue weighted by molar-refractivity contribution is 6.01. The minimum atomic E-state index is -0.734. The lowest BCUT2D eigenvalue weighted by atomic mass is 10.0. The van der Waals surface area contributed by atoms with Crippen molar-refractivity contribution < 1.29 is 13.9 Å². The molecule has 4 rings (SSSR count). The predicted octanol–water partition coefficient (Wildman–Crippen LogP) is 3.32. The van der Waals surface area contributed by atoms with Crippen LogP contribution in [0.4, 0.5) is 22.7 Å². The number of nitrogens with two attached hydrogens (primary N) is 4. The first-order valence-corrected chi connectivity index (χ1v) is 9.35. The van der Waals surface area contributed by atoms with Crippen LogP contribution < -0.4 is 33.1 Å². The minimum Gasteiger partial charge on any atom is -0.455 e. The molecule has 0 bridgehead atoms. The first kappa shape index (κ1) is 19.8. The third-order valence-electron chi connectivity index (χ3n) is 4.91. The van der Waals surface area contributed by atoms with Crippen LogP contribution in [0.1, 0.15) is 15.9 Å². The number of carbonyl (C=O) groups excluding carboxylic acids is 1. The van der Waals surface area contributed by atoms with E-state index in [4.69, 9.17) is 32.1 Å². The van der Waals surface area contributed by atoms with Crippen LogP contribution in [0.5, 0.6) is 5.75 Å². The van der Waals surface area contributed by atoms with Gasteiger partial charge in [-0.05, 0) is 25.1 Å². The molecule has 3 aromatic carbocycles. The number of ether oxygens (including phenoxy) is 1. The number of fused-ring (bicyclic) bond motifs is 1.